The second-order valence-corrected chi connectivity index (χ2v) is 4.23. The maximum Gasteiger partial charge on any atom is 0.251 e. The molecule has 0 atom stereocenters. The monoisotopic (exact) mass is 283 g/mol. The van der Waals surface area contributed by atoms with E-state index in [1.807, 2.05) is 6.07 Å². The number of carbonyl (C=O) groups excluding carboxylic acids is 2. The lowest BCUT2D eigenvalue weighted by molar-refractivity contribution is -0.120. The van der Waals surface area contributed by atoms with Crippen LogP contribution in [0.25, 0.3) is 0 Å². The Morgan fingerprint density at radius 3 is 2.52 bits per heavy atom. The number of nitrogens with zero attached hydrogens (tertiary/aromatic N) is 1. The number of amides is 2. The first-order valence-corrected chi connectivity index (χ1v) is 6.26. The summed E-state index contributed by atoms with van der Waals surface area (Å²) in [4.78, 5) is 23.4. The molecule has 6 heteroatoms. The topological polar surface area (TPSA) is 95.1 Å². The molecule has 0 saturated carbocycles. The van der Waals surface area contributed by atoms with Crippen molar-refractivity contribution in [3.05, 3.63) is 59.5 Å². The number of hydrogen-bond acceptors (Lipinski definition) is 4. The molecule has 106 valence electrons. The van der Waals surface area contributed by atoms with Gasteiger partial charge in [-0.05, 0) is 36.4 Å². The molecule has 1 heterocycles. The molecular formula is C15H13N3O3. The third-order valence-electron chi connectivity index (χ3n) is 2.73. The zero-order chi connectivity index (χ0) is 15.1. The second-order valence-electron chi connectivity index (χ2n) is 4.23. The Hall–Kier alpha value is -3.07. The summed E-state index contributed by atoms with van der Waals surface area (Å²) < 4.78 is 5.07. The molecule has 0 bridgehead atoms. The molecule has 6 nitrogen and oxygen atoms in total. The Balaban J connectivity index is 1.77. The fourth-order valence-corrected chi connectivity index (χ4v) is 1.62. The summed E-state index contributed by atoms with van der Waals surface area (Å²) in [5, 5.41) is 13.8. The minimum atomic E-state index is -0.368. The van der Waals surface area contributed by atoms with Crippen molar-refractivity contribution in [1.29, 1.82) is 5.26 Å². The average Bonchev–Trinajstić information content (AvgIpc) is 3.04. The summed E-state index contributed by atoms with van der Waals surface area (Å²) in [6.45, 7) is 0.151. The summed E-state index contributed by atoms with van der Waals surface area (Å²) in [6.07, 6.45) is 1.52. The van der Waals surface area contributed by atoms with E-state index in [0.29, 0.717) is 16.9 Å². The first-order valence-electron chi connectivity index (χ1n) is 6.26. The van der Waals surface area contributed by atoms with Gasteiger partial charge >= 0.3 is 0 Å². The summed E-state index contributed by atoms with van der Waals surface area (Å²) in [5.41, 5.74) is 0.871. The maximum atomic E-state index is 11.8. The Labute approximate surface area is 121 Å². The van der Waals surface area contributed by atoms with Gasteiger partial charge in [0.25, 0.3) is 5.91 Å². The maximum absolute atomic E-state index is 11.8. The van der Waals surface area contributed by atoms with Gasteiger partial charge in [0.05, 0.1) is 31.0 Å². The van der Waals surface area contributed by atoms with Crippen LogP contribution >= 0.6 is 0 Å². The van der Waals surface area contributed by atoms with E-state index in [1.165, 1.54) is 18.4 Å². The molecule has 0 saturated heterocycles. The highest BCUT2D eigenvalue weighted by atomic mass is 16.3. The van der Waals surface area contributed by atoms with Crippen LogP contribution in [0.4, 0.5) is 0 Å². The van der Waals surface area contributed by atoms with E-state index in [2.05, 4.69) is 10.6 Å². The number of nitrogens with one attached hydrogen (secondary N) is 2. The van der Waals surface area contributed by atoms with Crippen molar-refractivity contribution in [2.45, 2.75) is 6.54 Å². The van der Waals surface area contributed by atoms with Gasteiger partial charge in [-0.2, -0.15) is 5.26 Å². The Morgan fingerprint density at radius 2 is 1.90 bits per heavy atom. The van der Waals surface area contributed by atoms with Gasteiger partial charge in [0.1, 0.15) is 5.76 Å². The highest BCUT2D eigenvalue weighted by molar-refractivity contribution is 5.96. The molecule has 0 spiro atoms. The normalized spacial score (nSPS) is 9.67. The molecular weight excluding hydrogens is 270 g/mol. The lowest BCUT2D eigenvalue weighted by Gasteiger charge is -2.06. The zero-order valence-electron chi connectivity index (χ0n) is 11.1. The molecule has 2 N–H and O–H groups in total. The zero-order valence-corrected chi connectivity index (χ0v) is 11.1. The van der Waals surface area contributed by atoms with Gasteiger partial charge in [0, 0.05) is 5.56 Å². The smallest absolute Gasteiger partial charge is 0.251 e. The Kier molecular flexibility index (Phi) is 4.72. The van der Waals surface area contributed by atoms with E-state index in [0.717, 1.165) is 0 Å². The fraction of sp³-hybridized carbons (Fsp3) is 0.133. The van der Waals surface area contributed by atoms with Crippen LogP contribution in [-0.2, 0) is 11.3 Å². The minimum Gasteiger partial charge on any atom is -0.467 e. The van der Waals surface area contributed by atoms with Crippen molar-refractivity contribution in [3.63, 3.8) is 0 Å². The van der Waals surface area contributed by atoms with Crippen molar-refractivity contribution >= 4 is 11.8 Å². The number of rotatable bonds is 5. The first kappa shape index (κ1) is 14.3. The quantitative estimate of drug-likeness (QED) is 0.861. The standard InChI is InChI=1S/C15H13N3O3/c16-8-11-3-5-12(6-4-11)15(20)18-10-14(19)17-9-13-2-1-7-21-13/h1-7H,9-10H2,(H,17,19)(H,18,20). The van der Waals surface area contributed by atoms with Crippen molar-refractivity contribution < 1.29 is 14.0 Å². The summed E-state index contributed by atoms with van der Waals surface area (Å²) >= 11 is 0. The number of carbonyl (C=O) groups is 2. The molecule has 0 fully saturated rings. The largest absolute Gasteiger partial charge is 0.467 e. The van der Waals surface area contributed by atoms with Gasteiger partial charge < -0.3 is 15.1 Å². The van der Waals surface area contributed by atoms with Crippen molar-refractivity contribution in [3.8, 4) is 6.07 Å². The van der Waals surface area contributed by atoms with Crippen LogP contribution in [0.5, 0.6) is 0 Å². The molecule has 1 aromatic heterocycles. The molecule has 2 aromatic rings. The number of furan rings is 1. The predicted molar refractivity (Wildman–Crippen MR) is 74.0 cm³/mol. The lowest BCUT2D eigenvalue weighted by Crippen LogP contribution is -2.36. The third kappa shape index (κ3) is 4.21. The Bertz CT molecular complexity index is 654. The highest BCUT2D eigenvalue weighted by Crippen LogP contribution is 2.03. The molecule has 21 heavy (non-hydrogen) atoms. The van der Waals surface area contributed by atoms with Crippen LogP contribution in [0.3, 0.4) is 0 Å². The van der Waals surface area contributed by atoms with Crippen molar-refractivity contribution in [2.24, 2.45) is 0 Å². The summed E-state index contributed by atoms with van der Waals surface area (Å²) in [5.74, 6) is -0.0391. The van der Waals surface area contributed by atoms with E-state index in [9.17, 15) is 9.59 Å². The van der Waals surface area contributed by atoms with Crippen LogP contribution in [0.15, 0.2) is 47.1 Å². The van der Waals surface area contributed by atoms with Crippen molar-refractivity contribution in [2.75, 3.05) is 6.54 Å². The Morgan fingerprint density at radius 1 is 1.14 bits per heavy atom. The molecule has 1 aromatic carbocycles. The van der Waals surface area contributed by atoms with Crippen LogP contribution < -0.4 is 10.6 Å². The third-order valence-corrected chi connectivity index (χ3v) is 2.73. The van der Waals surface area contributed by atoms with E-state index in [-0.39, 0.29) is 24.9 Å². The van der Waals surface area contributed by atoms with E-state index in [4.69, 9.17) is 9.68 Å². The van der Waals surface area contributed by atoms with Crippen LogP contribution in [0.1, 0.15) is 21.7 Å². The average molecular weight is 283 g/mol. The molecule has 2 amide bonds. The number of benzene rings is 1. The predicted octanol–water partition coefficient (Wildman–Crippen LogP) is 1.20. The minimum absolute atomic E-state index is 0.125. The van der Waals surface area contributed by atoms with Crippen molar-refractivity contribution in [1.82, 2.24) is 10.6 Å². The van der Waals surface area contributed by atoms with E-state index < -0.39 is 0 Å². The molecule has 2 rings (SSSR count). The van der Waals surface area contributed by atoms with Gasteiger partial charge in [0.2, 0.25) is 5.91 Å². The van der Waals surface area contributed by atoms with Gasteiger partial charge in [-0.15, -0.1) is 0 Å². The van der Waals surface area contributed by atoms with Gasteiger partial charge in [0.15, 0.2) is 0 Å². The number of nitriles is 1. The summed E-state index contributed by atoms with van der Waals surface area (Å²) in [7, 11) is 0. The number of hydrogen-bond donors (Lipinski definition) is 2. The second kappa shape index (κ2) is 6.91. The van der Waals surface area contributed by atoms with E-state index >= 15 is 0 Å². The summed E-state index contributed by atoms with van der Waals surface area (Å²) in [6, 6.07) is 11.6. The van der Waals surface area contributed by atoms with Crippen LogP contribution in [0, 0.1) is 11.3 Å². The first-order chi connectivity index (χ1) is 10.2. The molecule has 0 aliphatic rings. The van der Waals surface area contributed by atoms with Gasteiger partial charge in [-0.3, -0.25) is 9.59 Å². The van der Waals surface area contributed by atoms with Crippen LogP contribution in [-0.4, -0.2) is 18.4 Å². The molecule has 0 aliphatic carbocycles. The SMILES string of the molecule is N#Cc1ccc(C(=O)NCC(=O)NCc2ccco2)cc1. The highest BCUT2D eigenvalue weighted by Gasteiger charge is 2.08. The fourth-order valence-electron chi connectivity index (χ4n) is 1.62. The molecule has 0 unspecified atom stereocenters. The molecule has 0 aliphatic heterocycles. The van der Waals surface area contributed by atoms with Gasteiger partial charge in [-0.1, -0.05) is 0 Å². The lowest BCUT2D eigenvalue weighted by atomic mass is 10.1. The van der Waals surface area contributed by atoms with Crippen LogP contribution in [0.2, 0.25) is 0 Å². The van der Waals surface area contributed by atoms with Gasteiger partial charge in [-0.25, -0.2) is 0 Å². The molecule has 0 radical (unpaired) electrons. The van der Waals surface area contributed by atoms with E-state index in [1.54, 1.807) is 24.3 Å².